The third-order valence-electron chi connectivity index (χ3n) is 10.1. The third-order valence-corrected chi connectivity index (χ3v) is 10.1. The average molecular weight is 677 g/mol. The highest BCUT2D eigenvalue weighted by Gasteiger charge is 2.22. The van der Waals surface area contributed by atoms with Crippen molar-refractivity contribution in [3.8, 4) is 61.6 Å². The van der Waals surface area contributed by atoms with Gasteiger partial charge in [-0.25, -0.2) is 9.97 Å². The quantitative estimate of drug-likeness (QED) is 0.165. The van der Waals surface area contributed by atoms with E-state index in [1.165, 1.54) is 27.1 Å². The first kappa shape index (κ1) is 30.6. The lowest BCUT2D eigenvalue weighted by Crippen LogP contribution is -1.99. The number of para-hydroxylation sites is 1. The van der Waals surface area contributed by atoms with Crippen LogP contribution in [0.5, 0.6) is 0 Å². The molecule has 0 aliphatic carbocycles. The first-order valence-corrected chi connectivity index (χ1v) is 17.8. The monoisotopic (exact) mass is 676 g/mol. The molecule has 0 radical (unpaired) electrons. The van der Waals surface area contributed by atoms with Crippen LogP contribution >= 0.6 is 0 Å². The van der Waals surface area contributed by atoms with Gasteiger partial charge in [0, 0.05) is 41.0 Å². The number of rotatable bonds is 6. The van der Waals surface area contributed by atoms with Gasteiger partial charge in [-0.05, 0) is 103 Å². The van der Waals surface area contributed by atoms with E-state index in [-0.39, 0.29) is 0 Å². The van der Waals surface area contributed by atoms with Crippen LogP contribution in [0.4, 0.5) is 0 Å². The first-order chi connectivity index (χ1) is 26.3. The molecule has 248 valence electrons. The van der Waals surface area contributed by atoms with Gasteiger partial charge in [0.15, 0.2) is 5.65 Å². The molecule has 0 aliphatic rings. The van der Waals surface area contributed by atoms with Crippen LogP contribution in [-0.4, -0.2) is 19.5 Å². The van der Waals surface area contributed by atoms with Crippen LogP contribution in [0, 0.1) is 0 Å². The molecule has 3 aromatic heterocycles. The maximum absolute atomic E-state index is 5.54. The van der Waals surface area contributed by atoms with Crippen molar-refractivity contribution >= 4 is 32.7 Å². The second kappa shape index (κ2) is 12.9. The normalized spacial score (nSPS) is 11.4. The van der Waals surface area contributed by atoms with Gasteiger partial charge in [-0.15, -0.1) is 0 Å². The molecule has 0 spiro atoms. The second-order valence-electron chi connectivity index (χ2n) is 13.3. The molecule has 0 aliphatic heterocycles. The number of hydrogen-bond donors (Lipinski definition) is 0. The van der Waals surface area contributed by atoms with Crippen molar-refractivity contribution in [1.82, 2.24) is 19.5 Å². The smallest absolute Gasteiger partial charge is 0.165 e. The minimum absolute atomic E-state index is 0.802. The number of fused-ring (bicyclic) bond motifs is 4. The highest BCUT2D eigenvalue weighted by Crippen LogP contribution is 2.41. The number of nitrogens with zero attached hydrogens (tertiary/aromatic N) is 4. The summed E-state index contributed by atoms with van der Waals surface area (Å²) in [5.41, 5.74) is 12.5. The van der Waals surface area contributed by atoms with Gasteiger partial charge < -0.3 is 0 Å². The van der Waals surface area contributed by atoms with E-state index in [4.69, 9.17) is 9.97 Å². The highest BCUT2D eigenvalue weighted by atomic mass is 15.1. The molecule has 10 rings (SSSR count). The molecule has 0 amide bonds. The fourth-order valence-corrected chi connectivity index (χ4v) is 7.70. The van der Waals surface area contributed by atoms with Crippen LogP contribution in [0.1, 0.15) is 0 Å². The minimum Gasteiger partial charge on any atom is -0.277 e. The van der Waals surface area contributed by atoms with E-state index in [1.54, 1.807) is 0 Å². The first-order valence-electron chi connectivity index (χ1n) is 17.8. The van der Waals surface area contributed by atoms with Crippen molar-refractivity contribution in [2.24, 2.45) is 0 Å². The van der Waals surface area contributed by atoms with Gasteiger partial charge in [0.25, 0.3) is 0 Å². The van der Waals surface area contributed by atoms with Gasteiger partial charge in [0.1, 0.15) is 11.3 Å². The molecule has 0 N–H and O–H groups in total. The van der Waals surface area contributed by atoms with Crippen molar-refractivity contribution in [3.05, 3.63) is 195 Å². The summed E-state index contributed by atoms with van der Waals surface area (Å²) in [6.45, 7) is 0. The summed E-state index contributed by atoms with van der Waals surface area (Å²) in [7, 11) is 0. The van der Waals surface area contributed by atoms with Crippen molar-refractivity contribution in [2.45, 2.75) is 0 Å². The number of benzene rings is 7. The molecule has 0 saturated heterocycles. The lowest BCUT2D eigenvalue weighted by molar-refractivity contribution is 1.08. The maximum atomic E-state index is 5.54. The third kappa shape index (κ3) is 5.36. The van der Waals surface area contributed by atoms with Gasteiger partial charge >= 0.3 is 0 Å². The summed E-state index contributed by atoms with van der Waals surface area (Å²) in [6, 6.07) is 62.2. The Bertz CT molecular complexity index is 2930. The van der Waals surface area contributed by atoms with Crippen LogP contribution in [0.15, 0.2) is 195 Å². The predicted octanol–water partition coefficient (Wildman–Crippen LogP) is 12.5. The molecular weight excluding hydrogens is 645 g/mol. The Morgan fingerprint density at radius 3 is 1.87 bits per heavy atom. The number of pyridine rings is 2. The molecule has 0 bridgehead atoms. The summed E-state index contributed by atoms with van der Waals surface area (Å²) < 4.78 is 2.20. The SMILES string of the molecule is c1ccc(-c2ccccc2-c2ccnc3c2nc(-c2cc(-c4cccnc4)cc(-c4cc5ccccc5c5ccccc45)c2)n3-c2ccccc2)cc1. The van der Waals surface area contributed by atoms with Crippen molar-refractivity contribution in [3.63, 3.8) is 0 Å². The zero-order valence-electron chi connectivity index (χ0n) is 28.8. The van der Waals surface area contributed by atoms with Gasteiger partial charge in [-0.1, -0.05) is 127 Å². The van der Waals surface area contributed by atoms with Gasteiger partial charge in [-0.2, -0.15) is 0 Å². The van der Waals surface area contributed by atoms with Crippen LogP contribution in [0.3, 0.4) is 0 Å². The molecule has 4 heteroatoms. The number of aromatic nitrogens is 4. The Morgan fingerprint density at radius 2 is 1.06 bits per heavy atom. The summed E-state index contributed by atoms with van der Waals surface area (Å²) in [4.78, 5) is 15.1. The lowest BCUT2D eigenvalue weighted by Gasteiger charge is -2.15. The van der Waals surface area contributed by atoms with Crippen LogP contribution in [0.2, 0.25) is 0 Å². The highest BCUT2D eigenvalue weighted by molar-refractivity contribution is 6.14. The summed E-state index contributed by atoms with van der Waals surface area (Å²) in [6.07, 6.45) is 5.66. The summed E-state index contributed by atoms with van der Waals surface area (Å²) >= 11 is 0. The summed E-state index contributed by atoms with van der Waals surface area (Å²) in [5, 5.41) is 4.89. The van der Waals surface area contributed by atoms with E-state index >= 15 is 0 Å². The predicted molar refractivity (Wildman–Crippen MR) is 219 cm³/mol. The Kier molecular flexibility index (Phi) is 7.43. The molecule has 0 atom stereocenters. The topological polar surface area (TPSA) is 43.6 Å². The van der Waals surface area contributed by atoms with E-state index in [2.05, 4.69) is 173 Å². The molecule has 0 unspecified atom stereocenters. The maximum Gasteiger partial charge on any atom is 0.165 e. The Labute approximate surface area is 307 Å². The van der Waals surface area contributed by atoms with Gasteiger partial charge in [0.05, 0.1) is 0 Å². The van der Waals surface area contributed by atoms with Crippen LogP contribution < -0.4 is 0 Å². The lowest BCUT2D eigenvalue weighted by atomic mass is 9.90. The van der Waals surface area contributed by atoms with E-state index in [0.717, 1.165) is 67.2 Å². The largest absolute Gasteiger partial charge is 0.277 e. The molecule has 0 fully saturated rings. The van der Waals surface area contributed by atoms with E-state index < -0.39 is 0 Å². The number of imidazole rings is 1. The molecule has 10 aromatic rings. The second-order valence-corrected chi connectivity index (χ2v) is 13.3. The Morgan fingerprint density at radius 1 is 0.396 bits per heavy atom. The zero-order valence-corrected chi connectivity index (χ0v) is 28.8. The van der Waals surface area contributed by atoms with E-state index in [0.29, 0.717) is 0 Å². The van der Waals surface area contributed by atoms with Gasteiger partial charge in [-0.3, -0.25) is 9.55 Å². The molecule has 0 saturated carbocycles. The van der Waals surface area contributed by atoms with Gasteiger partial charge in [0.2, 0.25) is 0 Å². The Balaban J connectivity index is 1.27. The molecule has 4 nitrogen and oxygen atoms in total. The molecule has 53 heavy (non-hydrogen) atoms. The Hall–Kier alpha value is -7.17. The van der Waals surface area contributed by atoms with E-state index in [1.807, 2.05) is 30.7 Å². The number of hydrogen-bond acceptors (Lipinski definition) is 3. The molecular formula is C49H32N4. The van der Waals surface area contributed by atoms with Crippen molar-refractivity contribution in [1.29, 1.82) is 0 Å². The van der Waals surface area contributed by atoms with Crippen molar-refractivity contribution in [2.75, 3.05) is 0 Å². The summed E-state index contributed by atoms with van der Waals surface area (Å²) in [5.74, 6) is 0.820. The molecule has 7 aromatic carbocycles. The fraction of sp³-hybridized carbons (Fsp3) is 0. The zero-order chi connectivity index (χ0) is 35.1. The van der Waals surface area contributed by atoms with Crippen LogP contribution in [0.25, 0.3) is 94.3 Å². The van der Waals surface area contributed by atoms with Crippen molar-refractivity contribution < 1.29 is 0 Å². The van der Waals surface area contributed by atoms with E-state index in [9.17, 15) is 0 Å². The average Bonchev–Trinajstić information content (AvgIpc) is 3.64. The molecule has 3 heterocycles. The standard InChI is InChI=1S/C49H32N4/c1-3-14-33(15-4-1)40-20-9-10-23-43(40)45-25-27-51-49-47(45)52-48(53(49)39-18-5-2-6-19-39)38-29-36(35-17-13-26-50-32-35)28-37(30-38)46-31-34-16-7-8-21-41(34)42-22-11-12-24-44(42)46/h1-32H. The minimum atomic E-state index is 0.802. The fourth-order valence-electron chi connectivity index (χ4n) is 7.70. The van der Waals surface area contributed by atoms with Crippen LogP contribution in [-0.2, 0) is 0 Å².